The fraction of sp³-hybridized carbons (Fsp3) is 0.625. The lowest BCUT2D eigenvalue weighted by Gasteiger charge is -2.49. The van der Waals surface area contributed by atoms with Crippen LogP contribution in [0, 0.1) is 17.5 Å². The summed E-state index contributed by atoms with van der Waals surface area (Å²) in [7, 11) is 0. The number of benzene rings is 1. The van der Waals surface area contributed by atoms with Crippen molar-refractivity contribution in [2.45, 2.75) is 61.9 Å². The third kappa shape index (κ3) is 5.03. The first-order valence-corrected chi connectivity index (χ1v) is 12.5. The number of amides is 1. The van der Waals surface area contributed by atoms with Crippen molar-refractivity contribution >= 4 is 5.91 Å². The fourth-order valence-electron chi connectivity index (χ4n) is 5.30. The van der Waals surface area contributed by atoms with Gasteiger partial charge in [-0.05, 0) is 31.4 Å². The van der Waals surface area contributed by atoms with E-state index in [4.69, 9.17) is 14.2 Å². The van der Waals surface area contributed by atoms with E-state index in [9.17, 15) is 33.3 Å². The van der Waals surface area contributed by atoms with Crippen molar-refractivity contribution in [1.82, 2.24) is 19.9 Å². The van der Waals surface area contributed by atoms with Crippen molar-refractivity contribution in [3.8, 4) is 11.3 Å². The Balaban J connectivity index is 1.45. The van der Waals surface area contributed by atoms with Gasteiger partial charge >= 0.3 is 0 Å². The van der Waals surface area contributed by atoms with Crippen LogP contribution in [-0.4, -0.2) is 104 Å². The Hall–Kier alpha value is -2.62. The number of aliphatic hydroxyl groups excluding tert-OH is 3. The lowest BCUT2D eigenvalue weighted by molar-refractivity contribution is -0.345. The molecule has 3 N–H and O–H groups in total. The Morgan fingerprint density at radius 2 is 1.89 bits per heavy atom. The smallest absolute Gasteiger partial charge is 0.248 e. The van der Waals surface area contributed by atoms with Gasteiger partial charge in [0.25, 0.3) is 0 Å². The lowest BCUT2D eigenvalue weighted by Crippen LogP contribution is -2.63. The van der Waals surface area contributed by atoms with Gasteiger partial charge < -0.3 is 34.4 Å². The average molecular weight is 543 g/mol. The van der Waals surface area contributed by atoms with E-state index in [1.54, 1.807) is 4.90 Å². The quantitative estimate of drug-likeness (QED) is 0.446. The van der Waals surface area contributed by atoms with Gasteiger partial charge in [-0.2, -0.15) is 0 Å². The number of ether oxygens (including phenoxy) is 3. The van der Waals surface area contributed by atoms with Crippen LogP contribution in [0.1, 0.15) is 31.7 Å². The topological polar surface area (TPSA) is 139 Å². The van der Waals surface area contributed by atoms with Crippen molar-refractivity contribution in [3.05, 3.63) is 35.8 Å². The zero-order valence-corrected chi connectivity index (χ0v) is 20.4. The van der Waals surface area contributed by atoms with Gasteiger partial charge in [-0.15, -0.1) is 5.10 Å². The molecule has 0 unspecified atom stereocenters. The number of hydrogen-bond acceptors (Lipinski definition) is 9. The van der Waals surface area contributed by atoms with Crippen LogP contribution in [-0.2, 0) is 19.0 Å². The molecule has 3 saturated heterocycles. The monoisotopic (exact) mass is 542 g/mol. The first-order valence-electron chi connectivity index (χ1n) is 12.5. The van der Waals surface area contributed by atoms with Gasteiger partial charge in [0, 0.05) is 25.1 Å². The van der Waals surface area contributed by atoms with Gasteiger partial charge in [-0.1, -0.05) is 5.21 Å². The maximum atomic E-state index is 13.8. The van der Waals surface area contributed by atoms with Crippen LogP contribution in [0.2, 0.25) is 0 Å². The van der Waals surface area contributed by atoms with Crippen LogP contribution in [0.25, 0.3) is 11.3 Å². The Labute approximate surface area is 215 Å². The predicted molar refractivity (Wildman–Crippen MR) is 122 cm³/mol. The third-order valence-corrected chi connectivity index (χ3v) is 7.32. The summed E-state index contributed by atoms with van der Waals surface area (Å²) in [5.74, 6) is -6.14. The average Bonchev–Trinajstić information content (AvgIpc) is 3.58. The molecule has 5 rings (SSSR count). The van der Waals surface area contributed by atoms with Crippen LogP contribution >= 0.6 is 0 Å². The van der Waals surface area contributed by atoms with E-state index in [2.05, 4.69) is 10.3 Å². The highest BCUT2D eigenvalue weighted by molar-refractivity contribution is 5.77. The normalized spacial score (nSPS) is 30.3. The molecular weight excluding hydrogens is 513 g/mol. The summed E-state index contributed by atoms with van der Waals surface area (Å²) in [6.45, 7) is 0.137. The molecule has 1 spiro atoms. The molecule has 2 aromatic rings. The molecule has 208 valence electrons. The van der Waals surface area contributed by atoms with Crippen LogP contribution in [0.3, 0.4) is 0 Å². The molecule has 1 aromatic carbocycles. The van der Waals surface area contributed by atoms with E-state index in [0.29, 0.717) is 45.4 Å². The number of likely N-dealkylation sites (tertiary alicyclic amines) is 1. The summed E-state index contributed by atoms with van der Waals surface area (Å²) >= 11 is 0. The minimum atomic E-state index is -1.62. The van der Waals surface area contributed by atoms with Crippen molar-refractivity contribution in [3.63, 3.8) is 0 Å². The van der Waals surface area contributed by atoms with Crippen LogP contribution in [0.5, 0.6) is 0 Å². The van der Waals surface area contributed by atoms with E-state index in [-0.39, 0.29) is 23.8 Å². The van der Waals surface area contributed by atoms with Crippen molar-refractivity contribution in [2.75, 3.05) is 32.9 Å². The number of aliphatic hydroxyl groups is 3. The van der Waals surface area contributed by atoms with E-state index >= 15 is 0 Å². The SMILES string of the molecule is O=C(CO[C@@H]1[C@@H](n2cc(-c3cc(F)c(F)c(F)c3)nn2)[C@@H](O)[C@@H](CO)O[C@@]12CCCO2)N1CCC(O)CC1. The molecule has 0 bridgehead atoms. The Morgan fingerprint density at radius 3 is 2.53 bits per heavy atom. The number of halogens is 3. The van der Waals surface area contributed by atoms with Gasteiger partial charge in [0.05, 0.1) is 25.5 Å². The predicted octanol–water partition coefficient (Wildman–Crippen LogP) is 0.531. The molecule has 1 amide bonds. The highest BCUT2D eigenvalue weighted by Crippen LogP contribution is 2.44. The first-order chi connectivity index (χ1) is 18.2. The Bertz CT molecular complexity index is 1130. The summed E-state index contributed by atoms with van der Waals surface area (Å²) in [5, 5.41) is 38.7. The highest BCUT2D eigenvalue weighted by Gasteiger charge is 2.58. The van der Waals surface area contributed by atoms with E-state index < -0.39 is 60.3 Å². The third-order valence-electron chi connectivity index (χ3n) is 7.32. The molecule has 11 nitrogen and oxygen atoms in total. The van der Waals surface area contributed by atoms with Gasteiger partial charge in [-0.25, -0.2) is 17.9 Å². The minimum absolute atomic E-state index is 0.00914. The lowest BCUT2D eigenvalue weighted by atomic mass is 9.88. The first kappa shape index (κ1) is 27.0. The maximum absolute atomic E-state index is 13.8. The zero-order valence-electron chi connectivity index (χ0n) is 20.4. The summed E-state index contributed by atoms with van der Waals surface area (Å²) < 4.78 is 60.3. The fourth-order valence-corrected chi connectivity index (χ4v) is 5.30. The molecule has 38 heavy (non-hydrogen) atoms. The van der Waals surface area contributed by atoms with E-state index in [0.717, 1.165) is 12.1 Å². The molecule has 3 aliphatic heterocycles. The second-order valence-electron chi connectivity index (χ2n) is 9.77. The van der Waals surface area contributed by atoms with Gasteiger partial charge in [0.1, 0.15) is 36.7 Å². The van der Waals surface area contributed by atoms with E-state index in [1.807, 2.05) is 0 Å². The molecular formula is C24H29F3N4O7. The molecule has 1 aromatic heterocycles. The summed E-state index contributed by atoms with van der Waals surface area (Å²) in [5.41, 5.74) is -0.0928. The van der Waals surface area contributed by atoms with Crippen molar-refractivity contribution < 1.29 is 47.5 Å². The molecule has 0 radical (unpaired) electrons. The van der Waals surface area contributed by atoms with E-state index in [1.165, 1.54) is 10.9 Å². The number of nitrogens with zero attached hydrogens (tertiary/aromatic N) is 4. The number of carbonyl (C=O) groups excluding carboxylic acids is 1. The zero-order chi connectivity index (χ0) is 27.0. The molecule has 5 atom stereocenters. The number of piperidine rings is 1. The molecule has 3 fully saturated rings. The molecule has 4 heterocycles. The second-order valence-corrected chi connectivity index (χ2v) is 9.77. The minimum Gasteiger partial charge on any atom is -0.394 e. The molecule has 14 heteroatoms. The number of rotatable bonds is 6. The maximum Gasteiger partial charge on any atom is 0.248 e. The van der Waals surface area contributed by atoms with Crippen LogP contribution in [0.4, 0.5) is 13.2 Å². The summed E-state index contributed by atoms with van der Waals surface area (Å²) in [6.07, 6.45) is -0.880. The van der Waals surface area contributed by atoms with Gasteiger partial charge in [0.2, 0.25) is 5.91 Å². The van der Waals surface area contributed by atoms with Gasteiger partial charge in [0.15, 0.2) is 23.2 Å². The van der Waals surface area contributed by atoms with Crippen LogP contribution < -0.4 is 0 Å². The number of aromatic nitrogens is 3. The largest absolute Gasteiger partial charge is 0.394 e. The Kier molecular flexibility index (Phi) is 7.71. The van der Waals surface area contributed by atoms with Crippen molar-refractivity contribution in [1.29, 1.82) is 0 Å². The van der Waals surface area contributed by atoms with Gasteiger partial charge in [-0.3, -0.25) is 4.79 Å². The van der Waals surface area contributed by atoms with Crippen LogP contribution in [0.15, 0.2) is 18.3 Å². The second kappa shape index (κ2) is 10.9. The standard InChI is InChI=1S/C24H29F3N4O7/c25-15-8-13(9-16(26)20(15)27)17-10-31(29-28-17)21-22(35)18(11-32)38-24(4-1-7-37-24)23(21)36-12-19(34)30-5-2-14(33)3-6-30/h8-10,14,18,21-23,32-33,35H,1-7,11-12H2/t18-,21+,22+,23-,24+/m1/s1. The molecule has 3 aliphatic rings. The summed E-state index contributed by atoms with van der Waals surface area (Å²) in [6, 6.07) is 0.465. The summed E-state index contributed by atoms with van der Waals surface area (Å²) in [4.78, 5) is 14.5. The number of hydrogen-bond donors (Lipinski definition) is 3. The highest BCUT2D eigenvalue weighted by atomic mass is 19.2. The number of carbonyl (C=O) groups is 1. The van der Waals surface area contributed by atoms with Crippen molar-refractivity contribution in [2.24, 2.45) is 0 Å². The Morgan fingerprint density at radius 1 is 1.18 bits per heavy atom. The molecule has 0 saturated carbocycles. The molecule has 0 aliphatic carbocycles.